The highest BCUT2D eigenvalue weighted by Crippen LogP contribution is 2.41. The summed E-state index contributed by atoms with van der Waals surface area (Å²) < 4.78 is 5.41. The lowest BCUT2D eigenvalue weighted by molar-refractivity contribution is -0.147. The number of rotatable bonds is 5. The van der Waals surface area contributed by atoms with Gasteiger partial charge in [0.15, 0.2) is 0 Å². The molecule has 0 saturated carbocycles. The van der Waals surface area contributed by atoms with Crippen molar-refractivity contribution in [1.82, 2.24) is 0 Å². The maximum atomic E-state index is 11.9. The Morgan fingerprint density at radius 3 is 2.12 bits per heavy atom. The molecular formula is C21H25NO3. The van der Waals surface area contributed by atoms with E-state index < -0.39 is 11.4 Å². The van der Waals surface area contributed by atoms with Crippen molar-refractivity contribution in [3.8, 4) is 0 Å². The van der Waals surface area contributed by atoms with Crippen LogP contribution in [0, 0.1) is 5.41 Å². The fourth-order valence-electron chi connectivity index (χ4n) is 3.49. The smallest absolute Gasteiger partial charge is 0.310 e. The molecule has 1 saturated heterocycles. The lowest BCUT2D eigenvalue weighted by Crippen LogP contribution is -2.36. The van der Waals surface area contributed by atoms with E-state index in [9.17, 15) is 9.90 Å². The number of carbonyl (C=O) groups is 1. The number of morpholine rings is 1. The standard InChI is InChI=1S/C21H25NO3/c1-21(2,20(23)24)19(16-6-4-3-5-7-16)17-8-10-18(11-9-17)22-12-14-25-15-13-22/h3-11,19H,12-15H2,1-2H3,(H,23,24)/t19-/m0/s1. The molecule has 1 fully saturated rings. The van der Waals surface area contributed by atoms with Crippen molar-refractivity contribution in [1.29, 1.82) is 0 Å². The zero-order valence-electron chi connectivity index (χ0n) is 14.8. The van der Waals surface area contributed by atoms with Gasteiger partial charge in [0.05, 0.1) is 18.6 Å². The summed E-state index contributed by atoms with van der Waals surface area (Å²) in [6, 6.07) is 18.2. The molecule has 25 heavy (non-hydrogen) atoms. The second-order valence-electron chi connectivity index (χ2n) is 7.06. The minimum atomic E-state index is -0.901. The Morgan fingerprint density at radius 1 is 1.00 bits per heavy atom. The van der Waals surface area contributed by atoms with Crippen LogP contribution in [0.1, 0.15) is 30.9 Å². The molecule has 0 aliphatic carbocycles. The van der Waals surface area contributed by atoms with Crippen molar-refractivity contribution < 1.29 is 14.6 Å². The topological polar surface area (TPSA) is 49.8 Å². The van der Waals surface area contributed by atoms with Gasteiger partial charge in [0.1, 0.15) is 0 Å². The highest BCUT2D eigenvalue weighted by molar-refractivity contribution is 5.76. The average Bonchev–Trinajstić information content (AvgIpc) is 2.64. The number of anilines is 1. The van der Waals surface area contributed by atoms with E-state index in [2.05, 4.69) is 29.2 Å². The largest absolute Gasteiger partial charge is 0.481 e. The molecule has 4 heteroatoms. The van der Waals surface area contributed by atoms with Crippen LogP contribution in [0.4, 0.5) is 5.69 Å². The molecule has 1 N–H and O–H groups in total. The van der Waals surface area contributed by atoms with Gasteiger partial charge in [-0.25, -0.2) is 0 Å². The number of aliphatic carboxylic acids is 1. The van der Waals surface area contributed by atoms with Crippen LogP contribution < -0.4 is 4.90 Å². The summed E-state index contributed by atoms with van der Waals surface area (Å²) in [5, 5.41) is 9.77. The van der Waals surface area contributed by atoms with E-state index >= 15 is 0 Å². The maximum Gasteiger partial charge on any atom is 0.310 e. The van der Waals surface area contributed by atoms with E-state index in [1.54, 1.807) is 13.8 Å². The number of carboxylic acid groups (broad SMARTS) is 1. The molecule has 4 nitrogen and oxygen atoms in total. The summed E-state index contributed by atoms with van der Waals surface area (Å²) in [5.41, 5.74) is 2.30. The van der Waals surface area contributed by atoms with Crippen LogP contribution in [0.15, 0.2) is 54.6 Å². The molecular weight excluding hydrogens is 314 g/mol. The first-order chi connectivity index (χ1) is 12.0. The van der Waals surface area contributed by atoms with E-state index in [0.717, 1.165) is 43.1 Å². The lowest BCUT2D eigenvalue weighted by atomic mass is 9.71. The summed E-state index contributed by atoms with van der Waals surface area (Å²) in [7, 11) is 0. The SMILES string of the molecule is CC(C)(C(=O)O)[C@@H](c1ccccc1)c1ccc(N2CCOCC2)cc1. The molecule has 2 aromatic carbocycles. The Balaban J connectivity index is 1.95. The van der Waals surface area contributed by atoms with Gasteiger partial charge >= 0.3 is 5.97 Å². The zero-order valence-corrected chi connectivity index (χ0v) is 14.8. The first-order valence-corrected chi connectivity index (χ1v) is 8.71. The molecule has 0 radical (unpaired) electrons. The molecule has 1 aliphatic heterocycles. The molecule has 3 rings (SSSR count). The first-order valence-electron chi connectivity index (χ1n) is 8.71. The molecule has 0 aromatic heterocycles. The highest BCUT2D eigenvalue weighted by atomic mass is 16.5. The number of nitrogens with zero attached hydrogens (tertiary/aromatic N) is 1. The van der Waals surface area contributed by atoms with Crippen LogP contribution in [-0.2, 0) is 9.53 Å². The molecule has 0 bridgehead atoms. The van der Waals surface area contributed by atoms with E-state index in [0.29, 0.717) is 0 Å². The van der Waals surface area contributed by atoms with Crippen LogP contribution in [-0.4, -0.2) is 37.4 Å². The molecule has 132 valence electrons. The predicted octanol–water partition coefficient (Wildman–Crippen LogP) is 3.77. The van der Waals surface area contributed by atoms with Gasteiger partial charge in [-0.2, -0.15) is 0 Å². The average molecular weight is 339 g/mol. The third-order valence-corrected chi connectivity index (χ3v) is 5.01. The minimum Gasteiger partial charge on any atom is -0.481 e. The molecule has 0 amide bonds. The van der Waals surface area contributed by atoms with Crippen molar-refractivity contribution in [3.63, 3.8) is 0 Å². The van der Waals surface area contributed by atoms with Gasteiger partial charge in [-0.05, 0) is 37.1 Å². The molecule has 1 heterocycles. The Hall–Kier alpha value is -2.33. The minimum absolute atomic E-state index is 0.204. The number of hydrogen-bond acceptors (Lipinski definition) is 3. The van der Waals surface area contributed by atoms with Crippen molar-refractivity contribution in [2.45, 2.75) is 19.8 Å². The molecule has 1 aliphatic rings. The van der Waals surface area contributed by atoms with Gasteiger partial charge in [-0.3, -0.25) is 4.79 Å². The molecule has 1 atom stereocenters. The van der Waals surface area contributed by atoms with E-state index in [-0.39, 0.29) is 5.92 Å². The summed E-state index contributed by atoms with van der Waals surface area (Å²) in [4.78, 5) is 14.2. The first kappa shape index (κ1) is 17.5. The molecule has 2 aromatic rings. The quantitative estimate of drug-likeness (QED) is 0.901. The van der Waals surface area contributed by atoms with Gasteiger partial charge in [0, 0.05) is 24.7 Å². The van der Waals surface area contributed by atoms with Crippen molar-refractivity contribution >= 4 is 11.7 Å². The normalized spacial score (nSPS) is 16.5. The second kappa shape index (κ2) is 7.28. The zero-order chi connectivity index (χ0) is 17.9. The van der Waals surface area contributed by atoms with Gasteiger partial charge in [0.25, 0.3) is 0 Å². The number of benzene rings is 2. The summed E-state index contributed by atoms with van der Waals surface area (Å²) in [5.74, 6) is -0.997. The number of hydrogen-bond donors (Lipinski definition) is 1. The van der Waals surface area contributed by atoms with E-state index in [1.807, 2.05) is 30.3 Å². The van der Waals surface area contributed by atoms with Crippen LogP contribution in [0.5, 0.6) is 0 Å². The third-order valence-electron chi connectivity index (χ3n) is 5.01. The van der Waals surface area contributed by atoms with E-state index in [4.69, 9.17) is 4.74 Å². The fourth-order valence-corrected chi connectivity index (χ4v) is 3.49. The van der Waals surface area contributed by atoms with Crippen molar-refractivity contribution in [2.75, 3.05) is 31.2 Å². The van der Waals surface area contributed by atoms with Gasteiger partial charge in [0.2, 0.25) is 0 Å². The Morgan fingerprint density at radius 2 is 1.56 bits per heavy atom. The van der Waals surface area contributed by atoms with Crippen LogP contribution in [0.25, 0.3) is 0 Å². The number of ether oxygens (including phenoxy) is 1. The lowest BCUT2D eigenvalue weighted by Gasteiger charge is -2.32. The summed E-state index contributed by atoms with van der Waals surface area (Å²) in [6.45, 7) is 6.87. The second-order valence-corrected chi connectivity index (χ2v) is 7.06. The van der Waals surface area contributed by atoms with Crippen molar-refractivity contribution in [2.24, 2.45) is 5.41 Å². The molecule has 0 spiro atoms. The molecule has 0 unspecified atom stereocenters. The van der Waals surface area contributed by atoms with Crippen molar-refractivity contribution in [3.05, 3.63) is 65.7 Å². The summed E-state index contributed by atoms with van der Waals surface area (Å²) >= 11 is 0. The maximum absolute atomic E-state index is 11.9. The predicted molar refractivity (Wildman–Crippen MR) is 99.2 cm³/mol. The van der Waals surface area contributed by atoms with Gasteiger partial charge < -0.3 is 14.7 Å². The monoisotopic (exact) mass is 339 g/mol. The van der Waals surface area contributed by atoms with Gasteiger partial charge in [-0.1, -0.05) is 42.5 Å². The Bertz CT molecular complexity index is 704. The van der Waals surface area contributed by atoms with Crippen LogP contribution in [0.2, 0.25) is 0 Å². The highest BCUT2D eigenvalue weighted by Gasteiger charge is 2.38. The van der Waals surface area contributed by atoms with Crippen LogP contribution in [0.3, 0.4) is 0 Å². The fraction of sp³-hybridized carbons (Fsp3) is 0.381. The third kappa shape index (κ3) is 3.69. The Labute approximate surface area is 149 Å². The van der Waals surface area contributed by atoms with Gasteiger partial charge in [-0.15, -0.1) is 0 Å². The van der Waals surface area contributed by atoms with E-state index in [1.165, 1.54) is 0 Å². The van der Waals surface area contributed by atoms with Crippen LogP contribution >= 0.6 is 0 Å². The Kier molecular flexibility index (Phi) is 5.09. The summed E-state index contributed by atoms with van der Waals surface area (Å²) in [6.07, 6.45) is 0. The number of carboxylic acids is 1.